The lowest BCUT2D eigenvalue weighted by atomic mass is 10.2. The number of carbonyl (C=O) groups is 2. The molecule has 30 heavy (non-hydrogen) atoms. The molecule has 1 amide bonds. The van der Waals surface area contributed by atoms with Crippen LogP contribution in [-0.2, 0) is 16.1 Å². The van der Waals surface area contributed by atoms with Gasteiger partial charge in [0.15, 0.2) is 6.61 Å². The first-order valence-electron chi connectivity index (χ1n) is 9.22. The van der Waals surface area contributed by atoms with Crippen LogP contribution in [0.1, 0.15) is 27.4 Å². The highest BCUT2D eigenvalue weighted by Gasteiger charge is 2.12. The number of nitrogens with one attached hydrogen (secondary N) is 1. The zero-order valence-electron chi connectivity index (χ0n) is 16.9. The Morgan fingerprint density at radius 1 is 1.00 bits per heavy atom. The van der Waals surface area contributed by atoms with Crippen LogP contribution in [0.5, 0.6) is 11.5 Å². The van der Waals surface area contributed by atoms with Crippen molar-refractivity contribution in [2.75, 3.05) is 19.0 Å². The molecule has 0 aliphatic rings. The van der Waals surface area contributed by atoms with Gasteiger partial charge in [-0.25, -0.2) is 4.79 Å². The number of esters is 1. The SMILES string of the molecule is COc1ccc(NC(=O)COC(=O)c2ccc(OCc3c(C)noc3C)cc2)cc1. The second-order valence-electron chi connectivity index (χ2n) is 6.47. The minimum Gasteiger partial charge on any atom is -0.497 e. The number of ether oxygens (including phenoxy) is 3. The van der Waals surface area contributed by atoms with E-state index in [0.717, 1.165) is 11.3 Å². The van der Waals surface area contributed by atoms with Crippen LogP contribution in [0.4, 0.5) is 5.69 Å². The number of aromatic nitrogens is 1. The number of benzene rings is 2. The molecule has 8 nitrogen and oxygen atoms in total. The molecule has 1 heterocycles. The molecule has 1 N–H and O–H groups in total. The highest BCUT2D eigenvalue weighted by Crippen LogP contribution is 2.18. The van der Waals surface area contributed by atoms with Gasteiger partial charge < -0.3 is 24.1 Å². The Kier molecular flexibility index (Phi) is 6.69. The molecule has 2 aromatic carbocycles. The number of amides is 1. The third-order valence-corrected chi connectivity index (χ3v) is 4.36. The number of hydrogen-bond donors (Lipinski definition) is 1. The lowest BCUT2D eigenvalue weighted by Crippen LogP contribution is -2.20. The van der Waals surface area contributed by atoms with Gasteiger partial charge in [-0.1, -0.05) is 5.16 Å². The quantitative estimate of drug-likeness (QED) is 0.566. The molecule has 0 saturated heterocycles. The number of nitrogens with zero attached hydrogens (tertiary/aromatic N) is 1. The third-order valence-electron chi connectivity index (χ3n) is 4.36. The van der Waals surface area contributed by atoms with Gasteiger partial charge >= 0.3 is 5.97 Å². The number of methoxy groups -OCH3 is 1. The second kappa shape index (κ2) is 9.60. The largest absolute Gasteiger partial charge is 0.497 e. The second-order valence-corrected chi connectivity index (χ2v) is 6.47. The van der Waals surface area contributed by atoms with Crippen LogP contribution in [0, 0.1) is 13.8 Å². The van der Waals surface area contributed by atoms with Crippen LogP contribution in [0.3, 0.4) is 0 Å². The zero-order valence-corrected chi connectivity index (χ0v) is 16.9. The van der Waals surface area contributed by atoms with Crippen molar-refractivity contribution in [2.45, 2.75) is 20.5 Å². The lowest BCUT2D eigenvalue weighted by Gasteiger charge is -2.08. The average molecular weight is 410 g/mol. The van der Waals surface area contributed by atoms with E-state index in [1.165, 1.54) is 0 Å². The van der Waals surface area contributed by atoms with Gasteiger partial charge in [0, 0.05) is 5.69 Å². The van der Waals surface area contributed by atoms with Crippen LogP contribution < -0.4 is 14.8 Å². The van der Waals surface area contributed by atoms with Crippen molar-refractivity contribution in [2.24, 2.45) is 0 Å². The topological polar surface area (TPSA) is 99.9 Å². The molecular weight excluding hydrogens is 388 g/mol. The van der Waals surface area contributed by atoms with E-state index in [9.17, 15) is 9.59 Å². The number of carbonyl (C=O) groups excluding carboxylic acids is 2. The summed E-state index contributed by atoms with van der Waals surface area (Å²) in [5.41, 5.74) is 2.57. The van der Waals surface area contributed by atoms with Gasteiger partial charge in [0.25, 0.3) is 5.91 Å². The molecule has 0 atom stereocenters. The van der Waals surface area contributed by atoms with Gasteiger partial charge in [-0.05, 0) is 62.4 Å². The van der Waals surface area contributed by atoms with Crippen LogP contribution in [0.15, 0.2) is 53.1 Å². The summed E-state index contributed by atoms with van der Waals surface area (Å²) < 4.78 is 20.9. The molecule has 3 rings (SSSR count). The van der Waals surface area contributed by atoms with E-state index in [2.05, 4.69) is 10.5 Å². The highest BCUT2D eigenvalue weighted by molar-refractivity contribution is 5.95. The summed E-state index contributed by atoms with van der Waals surface area (Å²) in [6, 6.07) is 13.3. The smallest absolute Gasteiger partial charge is 0.338 e. The lowest BCUT2D eigenvalue weighted by molar-refractivity contribution is -0.119. The van der Waals surface area contributed by atoms with Crippen molar-refractivity contribution >= 4 is 17.6 Å². The summed E-state index contributed by atoms with van der Waals surface area (Å²) in [6.45, 7) is 3.59. The zero-order chi connectivity index (χ0) is 21.5. The molecule has 0 radical (unpaired) electrons. The van der Waals surface area contributed by atoms with Gasteiger partial charge in [0.1, 0.15) is 23.9 Å². The molecule has 0 aliphatic carbocycles. The fraction of sp³-hybridized carbons (Fsp3) is 0.227. The number of aryl methyl sites for hydroxylation is 2. The number of rotatable bonds is 8. The monoisotopic (exact) mass is 410 g/mol. The van der Waals surface area contributed by atoms with Crippen LogP contribution >= 0.6 is 0 Å². The van der Waals surface area contributed by atoms with Gasteiger partial charge in [-0.15, -0.1) is 0 Å². The van der Waals surface area contributed by atoms with Crippen molar-refractivity contribution in [3.8, 4) is 11.5 Å². The Hall–Kier alpha value is -3.81. The van der Waals surface area contributed by atoms with Crippen molar-refractivity contribution in [1.29, 1.82) is 0 Å². The summed E-state index contributed by atoms with van der Waals surface area (Å²) in [7, 11) is 1.56. The molecule has 0 spiro atoms. The maximum Gasteiger partial charge on any atom is 0.338 e. The normalized spacial score (nSPS) is 10.4. The molecular formula is C22H22N2O6. The molecule has 1 aromatic heterocycles. The predicted molar refractivity (Wildman–Crippen MR) is 109 cm³/mol. The maximum atomic E-state index is 12.2. The Labute approximate surface area is 173 Å². The summed E-state index contributed by atoms with van der Waals surface area (Å²) >= 11 is 0. The predicted octanol–water partition coefficient (Wildman–Crippen LogP) is 3.67. The van der Waals surface area contributed by atoms with Crippen LogP contribution in [0.2, 0.25) is 0 Å². The first-order valence-corrected chi connectivity index (χ1v) is 9.22. The molecule has 0 aliphatic heterocycles. The minimum absolute atomic E-state index is 0.316. The number of hydrogen-bond acceptors (Lipinski definition) is 7. The van der Waals surface area contributed by atoms with E-state index in [1.807, 2.05) is 13.8 Å². The van der Waals surface area contributed by atoms with Crippen molar-refractivity contribution < 1.29 is 28.3 Å². The molecule has 0 saturated carbocycles. The van der Waals surface area contributed by atoms with Crippen LogP contribution in [-0.4, -0.2) is 30.7 Å². The Balaban J connectivity index is 1.47. The highest BCUT2D eigenvalue weighted by atomic mass is 16.5. The Morgan fingerprint density at radius 3 is 2.27 bits per heavy atom. The van der Waals surface area contributed by atoms with E-state index >= 15 is 0 Å². The summed E-state index contributed by atoms with van der Waals surface area (Å²) in [5, 5.41) is 6.52. The Bertz CT molecular complexity index is 990. The molecule has 156 valence electrons. The van der Waals surface area contributed by atoms with Crippen molar-refractivity contribution in [1.82, 2.24) is 5.16 Å². The fourth-order valence-corrected chi connectivity index (χ4v) is 2.64. The van der Waals surface area contributed by atoms with E-state index < -0.39 is 18.5 Å². The molecule has 3 aromatic rings. The van der Waals surface area contributed by atoms with Crippen molar-refractivity contribution in [3.05, 3.63) is 71.1 Å². The van der Waals surface area contributed by atoms with Gasteiger partial charge in [-0.3, -0.25) is 4.79 Å². The maximum absolute atomic E-state index is 12.2. The van der Waals surface area contributed by atoms with Crippen molar-refractivity contribution in [3.63, 3.8) is 0 Å². The van der Waals surface area contributed by atoms with Gasteiger partial charge in [0.2, 0.25) is 0 Å². The first-order chi connectivity index (χ1) is 14.5. The molecule has 0 bridgehead atoms. The van der Waals surface area contributed by atoms with E-state index in [1.54, 1.807) is 55.6 Å². The first kappa shape index (κ1) is 20.9. The van der Waals surface area contributed by atoms with Crippen LogP contribution in [0.25, 0.3) is 0 Å². The number of anilines is 1. The summed E-state index contributed by atoms with van der Waals surface area (Å²) in [6.07, 6.45) is 0. The summed E-state index contributed by atoms with van der Waals surface area (Å²) in [4.78, 5) is 24.1. The van der Waals surface area contributed by atoms with Gasteiger partial charge in [0.05, 0.1) is 23.9 Å². The van der Waals surface area contributed by atoms with E-state index in [4.69, 9.17) is 18.7 Å². The van der Waals surface area contributed by atoms with E-state index in [-0.39, 0.29) is 0 Å². The third kappa shape index (κ3) is 5.38. The standard InChI is InChI=1S/C22H22N2O6/c1-14-20(15(2)30-24-14)12-28-19-8-4-16(5-9-19)22(26)29-13-21(25)23-17-6-10-18(27-3)11-7-17/h4-11H,12-13H2,1-3H3,(H,23,25). The summed E-state index contributed by atoms with van der Waals surface area (Å²) in [5.74, 6) is 0.938. The van der Waals surface area contributed by atoms with E-state index in [0.29, 0.717) is 35.1 Å². The molecule has 0 fully saturated rings. The van der Waals surface area contributed by atoms with Gasteiger partial charge in [-0.2, -0.15) is 0 Å². The molecule has 0 unspecified atom stereocenters. The fourth-order valence-electron chi connectivity index (χ4n) is 2.64. The Morgan fingerprint density at radius 2 is 1.67 bits per heavy atom. The average Bonchev–Trinajstić information content (AvgIpc) is 3.08. The minimum atomic E-state index is -0.600. The molecule has 8 heteroatoms.